The first-order valence-corrected chi connectivity index (χ1v) is 8.56. The molecular formula is C19H22F3NO4. The molecule has 1 amide bonds. The Labute approximate surface area is 155 Å². The number of allylic oxidation sites excluding steroid dienone is 1. The Hall–Kier alpha value is -2.35. The summed E-state index contributed by atoms with van der Waals surface area (Å²) in [5.41, 5.74) is -0.769. The third kappa shape index (κ3) is 5.32. The Balaban J connectivity index is 2.33. The number of amides is 1. The largest absolute Gasteiger partial charge is 0.460 e. The van der Waals surface area contributed by atoms with Crippen molar-refractivity contribution in [1.29, 1.82) is 0 Å². The lowest BCUT2D eigenvalue weighted by atomic mass is 9.82. The summed E-state index contributed by atoms with van der Waals surface area (Å²) in [5, 5.41) is 2.50. The van der Waals surface area contributed by atoms with E-state index in [2.05, 4.69) is 5.32 Å². The summed E-state index contributed by atoms with van der Waals surface area (Å²) in [5.74, 6) is -2.24. The number of carbonyl (C=O) groups excluding carboxylic acids is 2. The molecule has 0 spiro atoms. The van der Waals surface area contributed by atoms with Gasteiger partial charge in [0.15, 0.2) is 0 Å². The number of hydrogen-bond acceptors (Lipinski definition) is 4. The molecule has 1 aliphatic rings. The summed E-state index contributed by atoms with van der Waals surface area (Å²) in [6.07, 6.45) is -4.90. The maximum Gasteiger partial charge on any atom is 0.416 e. The Bertz CT molecular complexity index is 741. The zero-order valence-corrected chi connectivity index (χ0v) is 15.4. The molecule has 8 heteroatoms. The average molecular weight is 385 g/mol. The van der Waals surface area contributed by atoms with Crippen LogP contribution in [0.25, 0.3) is 0 Å². The van der Waals surface area contributed by atoms with Crippen molar-refractivity contribution in [2.75, 3.05) is 13.2 Å². The second-order valence-corrected chi connectivity index (χ2v) is 6.48. The van der Waals surface area contributed by atoms with E-state index >= 15 is 0 Å². The Morgan fingerprint density at radius 2 is 1.93 bits per heavy atom. The molecule has 1 aromatic rings. The van der Waals surface area contributed by atoms with Crippen LogP contribution in [-0.4, -0.2) is 31.2 Å². The zero-order valence-electron chi connectivity index (χ0n) is 15.4. The van der Waals surface area contributed by atoms with E-state index in [1.165, 1.54) is 25.1 Å². The van der Waals surface area contributed by atoms with Crippen LogP contribution in [-0.2, 0) is 25.2 Å². The summed E-state index contributed by atoms with van der Waals surface area (Å²) in [6, 6.07) is 4.95. The van der Waals surface area contributed by atoms with Crippen LogP contribution in [0, 0.1) is 0 Å². The summed E-state index contributed by atoms with van der Waals surface area (Å²) in [6.45, 7) is 5.27. The van der Waals surface area contributed by atoms with Crippen molar-refractivity contribution >= 4 is 11.9 Å². The molecule has 1 atom stereocenters. The molecule has 0 bridgehead atoms. The van der Waals surface area contributed by atoms with Gasteiger partial charge in [0.05, 0.1) is 23.8 Å². The molecule has 1 unspecified atom stereocenters. The molecule has 1 heterocycles. The van der Waals surface area contributed by atoms with E-state index in [0.717, 1.165) is 6.07 Å². The van der Waals surface area contributed by atoms with E-state index in [4.69, 9.17) is 9.47 Å². The highest BCUT2D eigenvalue weighted by Gasteiger charge is 2.39. The number of alkyl halides is 3. The molecule has 1 aliphatic heterocycles. The lowest BCUT2D eigenvalue weighted by Crippen LogP contribution is -2.35. The summed E-state index contributed by atoms with van der Waals surface area (Å²) < 4.78 is 50.6. The number of benzene rings is 1. The van der Waals surface area contributed by atoms with Gasteiger partial charge in [-0.1, -0.05) is 18.2 Å². The Morgan fingerprint density at radius 3 is 2.56 bits per heavy atom. The number of ether oxygens (including phenoxy) is 2. The minimum atomic E-state index is -4.60. The number of hydrogen-bond donors (Lipinski definition) is 1. The van der Waals surface area contributed by atoms with Gasteiger partial charge in [-0.15, -0.1) is 0 Å². The van der Waals surface area contributed by atoms with Crippen molar-refractivity contribution in [3.63, 3.8) is 0 Å². The fourth-order valence-corrected chi connectivity index (χ4v) is 2.99. The third-order valence-electron chi connectivity index (χ3n) is 4.10. The van der Waals surface area contributed by atoms with Crippen LogP contribution in [0.5, 0.6) is 0 Å². The van der Waals surface area contributed by atoms with Crippen LogP contribution in [0.2, 0.25) is 0 Å². The van der Waals surface area contributed by atoms with Crippen molar-refractivity contribution in [3.05, 3.63) is 46.7 Å². The van der Waals surface area contributed by atoms with Crippen LogP contribution in [0.15, 0.2) is 35.5 Å². The van der Waals surface area contributed by atoms with Crippen LogP contribution in [0.4, 0.5) is 13.2 Å². The lowest BCUT2D eigenvalue weighted by Gasteiger charge is -2.28. The molecule has 0 saturated heterocycles. The van der Waals surface area contributed by atoms with Gasteiger partial charge in [0.2, 0.25) is 5.91 Å². The predicted molar refractivity (Wildman–Crippen MR) is 91.7 cm³/mol. The third-order valence-corrected chi connectivity index (χ3v) is 4.10. The van der Waals surface area contributed by atoms with Gasteiger partial charge in [-0.2, -0.15) is 13.2 Å². The molecular weight excluding hydrogens is 363 g/mol. The van der Waals surface area contributed by atoms with Crippen LogP contribution in [0.1, 0.15) is 44.2 Å². The number of carbonyl (C=O) groups is 2. The van der Waals surface area contributed by atoms with Gasteiger partial charge in [0.25, 0.3) is 0 Å². The molecule has 0 fully saturated rings. The van der Waals surface area contributed by atoms with E-state index in [0.29, 0.717) is 0 Å². The molecule has 5 nitrogen and oxygen atoms in total. The zero-order chi connectivity index (χ0) is 20.2. The molecule has 0 saturated carbocycles. The van der Waals surface area contributed by atoms with E-state index in [1.807, 2.05) is 13.8 Å². The summed E-state index contributed by atoms with van der Waals surface area (Å²) in [7, 11) is 0. The molecule has 1 N–H and O–H groups in total. The predicted octanol–water partition coefficient (Wildman–Crippen LogP) is 3.55. The van der Waals surface area contributed by atoms with Gasteiger partial charge in [0.1, 0.15) is 6.61 Å². The first kappa shape index (κ1) is 21.0. The van der Waals surface area contributed by atoms with Gasteiger partial charge in [-0.3, -0.25) is 4.79 Å². The normalized spacial score (nSPS) is 17.9. The molecule has 27 heavy (non-hydrogen) atoms. The standard InChI is InChI=1S/C19H22F3NO4/c1-11(2)26-8-9-27-18(25)17-12(3)23-16(24)10-14(17)13-6-4-5-7-15(13)19(20,21)22/h4-7,11,14H,8-10H2,1-3H3,(H,23,24). The molecule has 2 rings (SSSR count). The number of halogens is 3. The molecule has 148 valence electrons. The van der Waals surface area contributed by atoms with Crippen molar-refractivity contribution in [2.24, 2.45) is 0 Å². The van der Waals surface area contributed by atoms with Gasteiger partial charge >= 0.3 is 12.1 Å². The first-order chi connectivity index (χ1) is 12.6. The number of esters is 1. The minimum Gasteiger partial charge on any atom is -0.460 e. The number of nitrogens with one attached hydrogen (secondary N) is 1. The van der Waals surface area contributed by atoms with Gasteiger partial charge in [-0.25, -0.2) is 4.79 Å². The van der Waals surface area contributed by atoms with Gasteiger partial charge in [0, 0.05) is 18.0 Å². The van der Waals surface area contributed by atoms with Crippen molar-refractivity contribution in [1.82, 2.24) is 5.32 Å². The monoisotopic (exact) mass is 385 g/mol. The van der Waals surface area contributed by atoms with Crippen LogP contribution in [0.3, 0.4) is 0 Å². The molecule has 0 aromatic heterocycles. The van der Waals surface area contributed by atoms with Gasteiger partial charge < -0.3 is 14.8 Å². The van der Waals surface area contributed by atoms with Crippen molar-refractivity contribution in [2.45, 2.75) is 45.4 Å². The fraction of sp³-hybridized carbons (Fsp3) is 0.474. The highest BCUT2D eigenvalue weighted by atomic mass is 19.4. The van der Waals surface area contributed by atoms with Gasteiger partial charge in [-0.05, 0) is 32.4 Å². The second kappa shape index (κ2) is 8.56. The smallest absolute Gasteiger partial charge is 0.416 e. The van der Waals surface area contributed by atoms with E-state index in [1.54, 1.807) is 0 Å². The summed E-state index contributed by atoms with van der Waals surface area (Å²) >= 11 is 0. The lowest BCUT2D eigenvalue weighted by molar-refractivity contribution is -0.143. The van der Waals surface area contributed by atoms with E-state index in [-0.39, 0.29) is 42.6 Å². The summed E-state index contributed by atoms with van der Waals surface area (Å²) in [4.78, 5) is 24.5. The maximum absolute atomic E-state index is 13.4. The molecule has 0 radical (unpaired) electrons. The highest BCUT2D eigenvalue weighted by molar-refractivity contribution is 5.95. The SMILES string of the molecule is CC1=C(C(=O)OCCOC(C)C)C(c2ccccc2C(F)(F)F)CC(=O)N1. The highest BCUT2D eigenvalue weighted by Crippen LogP contribution is 2.41. The quantitative estimate of drug-likeness (QED) is 0.601. The minimum absolute atomic E-state index is 0.0239. The Morgan fingerprint density at radius 1 is 1.26 bits per heavy atom. The van der Waals surface area contributed by atoms with Crippen LogP contribution >= 0.6 is 0 Å². The molecule has 0 aliphatic carbocycles. The van der Waals surface area contributed by atoms with Crippen molar-refractivity contribution < 1.29 is 32.2 Å². The Kier molecular flexibility index (Phi) is 6.64. The molecule has 1 aromatic carbocycles. The maximum atomic E-state index is 13.4. The number of rotatable bonds is 6. The van der Waals surface area contributed by atoms with Crippen molar-refractivity contribution in [3.8, 4) is 0 Å². The topological polar surface area (TPSA) is 64.6 Å². The second-order valence-electron chi connectivity index (χ2n) is 6.48. The van der Waals surface area contributed by atoms with E-state index < -0.39 is 29.5 Å². The van der Waals surface area contributed by atoms with E-state index in [9.17, 15) is 22.8 Å². The average Bonchev–Trinajstić information content (AvgIpc) is 2.57. The first-order valence-electron chi connectivity index (χ1n) is 8.56. The van der Waals surface area contributed by atoms with Crippen LogP contribution < -0.4 is 5.32 Å². The fourth-order valence-electron chi connectivity index (χ4n) is 2.99.